The number of benzene rings is 1. The number of carbonyl (C=O) groups is 1. The minimum atomic E-state index is -4.43. The molecule has 0 unspecified atom stereocenters. The van der Waals surface area contributed by atoms with Crippen LogP contribution in [0.25, 0.3) is 0 Å². The molecule has 3 heterocycles. The predicted octanol–water partition coefficient (Wildman–Crippen LogP) is 3.12. The summed E-state index contributed by atoms with van der Waals surface area (Å²) in [4.78, 5) is 27.6. The van der Waals surface area contributed by atoms with E-state index in [0.717, 1.165) is 25.0 Å². The summed E-state index contributed by atoms with van der Waals surface area (Å²) in [5.74, 6) is -0.497. The molecule has 1 aliphatic carbocycles. The van der Waals surface area contributed by atoms with Crippen LogP contribution < -0.4 is 16.0 Å². The first-order chi connectivity index (χ1) is 18.6. The number of hydrogen-bond donors (Lipinski definition) is 2. The van der Waals surface area contributed by atoms with Crippen LogP contribution in [0.15, 0.2) is 41.5 Å². The van der Waals surface area contributed by atoms with E-state index in [9.17, 15) is 18.0 Å². The molecule has 1 amide bonds. The van der Waals surface area contributed by atoms with Crippen molar-refractivity contribution in [2.75, 3.05) is 36.4 Å². The Bertz CT molecular complexity index is 1270. The zero-order valence-corrected chi connectivity index (χ0v) is 21.0. The summed E-state index contributed by atoms with van der Waals surface area (Å²) in [5.41, 5.74) is 4.62. The van der Waals surface area contributed by atoms with E-state index >= 15 is 4.39 Å². The van der Waals surface area contributed by atoms with Crippen LogP contribution in [0.4, 0.5) is 29.2 Å². The molecule has 2 aromatic heterocycles. The second kappa shape index (κ2) is 10.8. The predicted molar refractivity (Wildman–Crippen MR) is 132 cm³/mol. The van der Waals surface area contributed by atoms with Crippen LogP contribution in [0.2, 0.25) is 0 Å². The molecule has 1 saturated heterocycles. The molecule has 0 bridgehead atoms. The second-order valence-corrected chi connectivity index (χ2v) is 10.0. The molecule has 0 spiro atoms. The van der Waals surface area contributed by atoms with Gasteiger partial charge in [0.25, 0.3) is 0 Å². The van der Waals surface area contributed by atoms with Crippen molar-refractivity contribution in [3.63, 3.8) is 0 Å². The van der Waals surface area contributed by atoms with Gasteiger partial charge in [-0.15, -0.1) is 0 Å². The van der Waals surface area contributed by atoms with Crippen LogP contribution in [0.5, 0.6) is 0 Å². The third-order valence-electron chi connectivity index (χ3n) is 7.29. The highest BCUT2D eigenvalue weighted by atomic mass is 19.4. The van der Waals surface area contributed by atoms with Crippen molar-refractivity contribution in [3.05, 3.63) is 59.8 Å². The zero-order valence-electron chi connectivity index (χ0n) is 21.0. The number of aromatic nitrogens is 4. The molecule has 10 nitrogen and oxygen atoms in total. The Labute approximate surface area is 221 Å². The number of amides is 1. The minimum absolute atomic E-state index is 0.000467. The number of rotatable bonds is 10. The van der Waals surface area contributed by atoms with Crippen molar-refractivity contribution < 1.29 is 26.9 Å². The van der Waals surface area contributed by atoms with Crippen molar-refractivity contribution in [1.82, 2.24) is 25.0 Å². The van der Waals surface area contributed by atoms with Crippen LogP contribution >= 0.6 is 0 Å². The summed E-state index contributed by atoms with van der Waals surface area (Å²) in [6.07, 6.45) is 0.893. The van der Waals surface area contributed by atoms with Crippen LogP contribution in [0, 0.1) is 5.82 Å². The highest BCUT2D eigenvalue weighted by Gasteiger charge is 2.41. The number of nitrogens with two attached hydrogens (primary N) is 1. The molecule has 0 radical (unpaired) electrons. The van der Waals surface area contributed by atoms with Gasteiger partial charge in [-0.25, -0.2) is 9.97 Å². The van der Waals surface area contributed by atoms with E-state index in [1.165, 1.54) is 24.9 Å². The maximum Gasteiger partial charge on any atom is 0.416 e. The van der Waals surface area contributed by atoms with Gasteiger partial charge in [-0.2, -0.15) is 22.5 Å². The monoisotopic (exact) mass is 548 g/mol. The Balaban J connectivity index is 1.33. The van der Waals surface area contributed by atoms with E-state index in [1.54, 1.807) is 4.90 Å². The number of primary amides is 1. The van der Waals surface area contributed by atoms with Crippen LogP contribution in [0.3, 0.4) is 0 Å². The fourth-order valence-electron chi connectivity index (χ4n) is 4.94. The van der Waals surface area contributed by atoms with E-state index in [0.29, 0.717) is 37.3 Å². The van der Waals surface area contributed by atoms with Crippen molar-refractivity contribution >= 4 is 17.5 Å². The van der Waals surface area contributed by atoms with Gasteiger partial charge in [0.1, 0.15) is 6.33 Å². The Kier molecular flexibility index (Phi) is 7.38. The van der Waals surface area contributed by atoms with Gasteiger partial charge >= 0.3 is 6.18 Å². The van der Waals surface area contributed by atoms with Crippen molar-refractivity contribution in [2.45, 2.75) is 49.9 Å². The number of nitrogens with zero attached hydrogens (tertiary/aromatic N) is 6. The first kappa shape index (κ1) is 26.8. The molecule has 3 N–H and O–H groups in total. The number of piperidine rings is 1. The summed E-state index contributed by atoms with van der Waals surface area (Å²) in [5, 5.41) is 7.14. The highest BCUT2D eigenvalue weighted by Crippen LogP contribution is 2.37. The number of alkyl halides is 3. The standard InChI is InChI=1S/C25H28F4N8O2/c26-20-21(31-13-24(23-34-15-39-35-23)7-9-36(10-8-24)12-19(30)38)32-14-33-22(20)37(18-5-6-18)11-16-1-3-17(4-2-16)25(27,28)29/h1-4,14-15,18H,5-13H2,(H2,30,38)(H,31,32,33). The topological polar surface area (TPSA) is 126 Å². The lowest BCUT2D eigenvalue weighted by atomic mass is 9.77. The molecule has 0 atom stereocenters. The van der Waals surface area contributed by atoms with Gasteiger partial charge in [0.15, 0.2) is 17.5 Å². The summed E-state index contributed by atoms with van der Waals surface area (Å²) in [6, 6.07) is 4.88. The maximum absolute atomic E-state index is 15.8. The molecular formula is C25H28F4N8O2. The number of halogens is 4. The van der Waals surface area contributed by atoms with Crippen LogP contribution in [-0.4, -0.2) is 63.1 Å². The molecule has 208 valence electrons. The number of carbonyl (C=O) groups excluding carboxylic acids is 1. The number of anilines is 2. The summed E-state index contributed by atoms with van der Waals surface area (Å²) in [6.45, 7) is 1.75. The van der Waals surface area contributed by atoms with E-state index in [-0.39, 0.29) is 37.3 Å². The summed E-state index contributed by atoms with van der Waals surface area (Å²) < 4.78 is 59.6. The number of nitrogens with one attached hydrogen (secondary N) is 1. The number of hydrogen-bond acceptors (Lipinski definition) is 9. The average Bonchev–Trinajstić information content (AvgIpc) is 3.59. The van der Waals surface area contributed by atoms with Crippen LogP contribution in [-0.2, 0) is 22.9 Å². The fraction of sp³-hybridized carbons (Fsp3) is 0.480. The SMILES string of the molecule is NC(=O)CN1CCC(CNc2ncnc(N(Cc3ccc(C(F)(F)F)cc3)C3CC3)c2F)(c2ncon2)CC1. The van der Waals surface area contributed by atoms with Crippen molar-refractivity contribution in [2.24, 2.45) is 5.73 Å². The quantitative estimate of drug-likeness (QED) is 0.368. The normalized spacial score (nSPS) is 17.6. The Morgan fingerprint density at radius 2 is 1.87 bits per heavy atom. The van der Waals surface area contributed by atoms with E-state index in [2.05, 4.69) is 25.4 Å². The molecule has 3 aromatic rings. The fourth-order valence-corrected chi connectivity index (χ4v) is 4.94. The highest BCUT2D eigenvalue weighted by molar-refractivity contribution is 5.75. The number of likely N-dealkylation sites (tertiary alicyclic amines) is 1. The first-order valence-electron chi connectivity index (χ1n) is 12.6. The van der Waals surface area contributed by atoms with Gasteiger partial charge < -0.3 is 20.5 Å². The molecular weight excluding hydrogens is 520 g/mol. The van der Waals surface area contributed by atoms with E-state index in [4.69, 9.17) is 10.3 Å². The smallest absolute Gasteiger partial charge is 0.369 e. The van der Waals surface area contributed by atoms with Gasteiger partial charge in [-0.05, 0) is 56.5 Å². The Hall–Kier alpha value is -3.81. The molecule has 39 heavy (non-hydrogen) atoms. The molecule has 5 rings (SSSR count). The van der Waals surface area contributed by atoms with Gasteiger partial charge in [0, 0.05) is 19.1 Å². The lowest BCUT2D eigenvalue weighted by Crippen LogP contribution is -2.49. The molecule has 1 aliphatic heterocycles. The minimum Gasteiger partial charge on any atom is -0.369 e. The third kappa shape index (κ3) is 6.10. The van der Waals surface area contributed by atoms with Gasteiger partial charge in [0.05, 0.1) is 17.5 Å². The molecule has 14 heteroatoms. The maximum atomic E-state index is 15.8. The van der Waals surface area contributed by atoms with Crippen molar-refractivity contribution in [1.29, 1.82) is 0 Å². The second-order valence-electron chi connectivity index (χ2n) is 10.0. The lowest BCUT2D eigenvalue weighted by molar-refractivity contribution is -0.137. The Morgan fingerprint density at radius 1 is 1.15 bits per heavy atom. The third-order valence-corrected chi connectivity index (χ3v) is 7.29. The van der Waals surface area contributed by atoms with Gasteiger partial charge in [-0.1, -0.05) is 17.3 Å². The van der Waals surface area contributed by atoms with Crippen LogP contribution in [0.1, 0.15) is 42.6 Å². The lowest BCUT2D eigenvalue weighted by Gasteiger charge is -2.39. The zero-order chi connectivity index (χ0) is 27.6. The largest absolute Gasteiger partial charge is 0.416 e. The first-order valence-corrected chi connectivity index (χ1v) is 12.6. The van der Waals surface area contributed by atoms with Gasteiger partial charge in [-0.3, -0.25) is 9.69 Å². The van der Waals surface area contributed by atoms with Gasteiger partial charge in [0.2, 0.25) is 18.1 Å². The average molecular weight is 549 g/mol. The van der Waals surface area contributed by atoms with E-state index < -0.39 is 28.9 Å². The molecule has 2 fully saturated rings. The molecule has 1 saturated carbocycles. The summed E-state index contributed by atoms with van der Waals surface area (Å²) >= 11 is 0. The molecule has 1 aromatic carbocycles. The summed E-state index contributed by atoms with van der Waals surface area (Å²) in [7, 11) is 0. The Morgan fingerprint density at radius 3 is 2.46 bits per heavy atom. The van der Waals surface area contributed by atoms with Crippen molar-refractivity contribution in [3.8, 4) is 0 Å². The molecule has 2 aliphatic rings. The van der Waals surface area contributed by atoms with E-state index in [1.807, 2.05) is 4.90 Å².